The Kier molecular flexibility index (Phi) is 3.37. The molecule has 2 aromatic carbocycles. The van der Waals surface area contributed by atoms with Crippen molar-refractivity contribution in [1.29, 1.82) is 0 Å². The van der Waals surface area contributed by atoms with E-state index in [4.69, 9.17) is 19.9 Å². The quantitative estimate of drug-likeness (QED) is 0.872. The van der Waals surface area contributed by atoms with E-state index in [1.165, 1.54) is 5.56 Å². The van der Waals surface area contributed by atoms with E-state index in [1.807, 2.05) is 36.4 Å². The van der Waals surface area contributed by atoms with Gasteiger partial charge in [0.05, 0.1) is 12.8 Å². The van der Waals surface area contributed by atoms with Crippen molar-refractivity contribution in [3.8, 4) is 17.2 Å². The molecule has 2 N–H and O–H groups in total. The van der Waals surface area contributed by atoms with Crippen LogP contribution in [0.15, 0.2) is 36.4 Å². The fraction of sp³-hybridized carbons (Fsp3) is 0.250. The van der Waals surface area contributed by atoms with E-state index in [0.29, 0.717) is 24.7 Å². The van der Waals surface area contributed by atoms with Gasteiger partial charge >= 0.3 is 0 Å². The molecule has 0 aliphatic carbocycles. The molecule has 1 heterocycles. The van der Waals surface area contributed by atoms with Crippen molar-refractivity contribution >= 4 is 5.69 Å². The van der Waals surface area contributed by atoms with Crippen molar-refractivity contribution in [3.63, 3.8) is 0 Å². The normalized spacial score (nSPS) is 13.1. The van der Waals surface area contributed by atoms with Crippen LogP contribution in [0.5, 0.6) is 17.2 Å². The average Bonchev–Trinajstić information content (AvgIpc) is 2.47. The lowest BCUT2D eigenvalue weighted by Gasteiger charge is -2.19. The minimum atomic E-state index is 0.603. The Labute approximate surface area is 118 Å². The van der Waals surface area contributed by atoms with E-state index >= 15 is 0 Å². The smallest absolute Gasteiger partial charge is 0.161 e. The molecule has 1 aliphatic heterocycles. The van der Waals surface area contributed by atoms with Crippen LogP contribution >= 0.6 is 0 Å². The van der Waals surface area contributed by atoms with Gasteiger partial charge in [-0.25, -0.2) is 0 Å². The van der Waals surface area contributed by atoms with Crippen LogP contribution in [0.4, 0.5) is 5.69 Å². The second-order valence-corrected chi connectivity index (χ2v) is 4.73. The molecule has 2 aromatic rings. The zero-order chi connectivity index (χ0) is 13.9. The monoisotopic (exact) mass is 271 g/mol. The molecule has 4 heteroatoms. The predicted molar refractivity (Wildman–Crippen MR) is 77.6 cm³/mol. The summed E-state index contributed by atoms with van der Waals surface area (Å²) in [5.41, 5.74) is 8.89. The van der Waals surface area contributed by atoms with E-state index in [0.717, 1.165) is 23.5 Å². The van der Waals surface area contributed by atoms with Gasteiger partial charge in [-0.1, -0.05) is 12.1 Å². The Morgan fingerprint density at radius 3 is 2.45 bits per heavy atom. The number of ether oxygens (including phenoxy) is 3. The molecule has 4 nitrogen and oxygen atoms in total. The maximum Gasteiger partial charge on any atom is 0.161 e. The Bertz CT molecular complexity index is 625. The van der Waals surface area contributed by atoms with Crippen LogP contribution in [-0.2, 0) is 6.42 Å². The molecule has 0 fully saturated rings. The zero-order valence-electron chi connectivity index (χ0n) is 11.4. The van der Waals surface area contributed by atoms with E-state index in [9.17, 15) is 0 Å². The predicted octanol–water partition coefficient (Wildman–Crippen LogP) is 2.64. The van der Waals surface area contributed by atoms with Gasteiger partial charge in [0.25, 0.3) is 0 Å². The van der Waals surface area contributed by atoms with E-state index in [1.54, 1.807) is 7.11 Å². The van der Waals surface area contributed by atoms with Gasteiger partial charge in [-0.05, 0) is 41.8 Å². The van der Waals surface area contributed by atoms with Gasteiger partial charge in [0.2, 0.25) is 0 Å². The molecule has 0 aromatic heterocycles. The third-order valence-corrected chi connectivity index (χ3v) is 3.31. The molecule has 104 valence electrons. The first-order valence-electron chi connectivity index (χ1n) is 6.57. The Morgan fingerprint density at radius 2 is 1.70 bits per heavy atom. The van der Waals surface area contributed by atoms with Crippen LogP contribution in [0, 0.1) is 0 Å². The van der Waals surface area contributed by atoms with Crippen molar-refractivity contribution in [3.05, 3.63) is 47.5 Å². The number of rotatable bonds is 3. The average molecular weight is 271 g/mol. The van der Waals surface area contributed by atoms with Crippen LogP contribution in [0.1, 0.15) is 11.1 Å². The first-order chi connectivity index (χ1) is 9.76. The summed E-state index contributed by atoms with van der Waals surface area (Å²) in [7, 11) is 1.62. The standard InChI is InChI=1S/C16H17NO3/c1-18-14-4-2-11(9-13(14)17)8-12-3-5-15-16(10-12)20-7-6-19-15/h2-5,9-10H,6-8,17H2,1H3. The summed E-state index contributed by atoms with van der Waals surface area (Å²) >= 11 is 0. The van der Waals surface area contributed by atoms with Crippen LogP contribution < -0.4 is 19.9 Å². The summed E-state index contributed by atoms with van der Waals surface area (Å²) < 4.78 is 16.3. The highest BCUT2D eigenvalue weighted by Gasteiger charge is 2.12. The van der Waals surface area contributed by atoms with Gasteiger partial charge < -0.3 is 19.9 Å². The molecule has 0 amide bonds. The molecule has 0 bridgehead atoms. The number of fused-ring (bicyclic) bond motifs is 1. The van der Waals surface area contributed by atoms with Crippen molar-refractivity contribution in [1.82, 2.24) is 0 Å². The first-order valence-corrected chi connectivity index (χ1v) is 6.57. The minimum Gasteiger partial charge on any atom is -0.495 e. The molecule has 0 saturated heterocycles. The first kappa shape index (κ1) is 12.7. The number of benzene rings is 2. The van der Waals surface area contributed by atoms with Crippen molar-refractivity contribution < 1.29 is 14.2 Å². The molecule has 0 saturated carbocycles. The molecule has 3 rings (SSSR count). The number of anilines is 1. The van der Waals surface area contributed by atoms with Crippen LogP contribution in [0.25, 0.3) is 0 Å². The van der Waals surface area contributed by atoms with Gasteiger partial charge in [-0.3, -0.25) is 0 Å². The molecule has 20 heavy (non-hydrogen) atoms. The molecule has 0 atom stereocenters. The van der Waals surface area contributed by atoms with Gasteiger partial charge in [-0.15, -0.1) is 0 Å². The molecule has 1 aliphatic rings. The highest BCUT2D eigenvalue weighted by molar-refractivity contribution is 5.55. The zero-order valence-corrected chi connectivity index (χ0v) is 11.4. The molecular formula is C16H17NO3. The summed E-state index contributed by atoms with van der Waals surface area (Å²) in [5, 5.41) is 0. The van der Waals surface area contributed by atoms with Crippen LogP contribution in [-0.4, -0.2) is 20.3 Å². The number of methoxy groups -OCH3 is 1. The minimum absolute atomic E-state index is 0.603. The fourth-order valence-electron chi connectivity index (χ4n) is 2.33. The van der Waals surface area contributed by atoms with Crippen LogP contribution in [0.3, 0.4) is 0 Å². The highest BCUT2D eigenvalue weighted by atomic mass is 16.6. The summed E-state index contributed by atoms with van der Waals surface area (Å²) in [6, 6.07) is 11.9. The summed E-state index contributed by atoms with van der Waals surface area (Å²) in [5.74, 6) is 2.33. The maximum atomic E-state index is 5.93. The lowest BCUT2D eigenvalue weighted by atomic mass is 10.0. The molecule has 0 spiro atoms. The summed E-state index contributed by atoms with van der Waals surface area (Å²) in [4.78, 5) is 0. The molecule has 0 radical (unpaired) electrons. The third-order valence-electron chi connectivity index (χ3n) is 3.31. The second-order valence-electron chi connectivity index (χ2n) is 4.73. The Hall–Kier alpha value is -2.36. The van der Waals surface area contributed by atoms with Crippen molar-refractivity contribution in [2.45, 2.75) is 6.42 Å². The third kappa shape index (κ3) is 2.50. The number of nitrogen functional groups attached to an aromatic ring is 1. The van der Waals surface area contributed by atoms with Crippen molar-refractivity contribution in [2.24, 2.45) is 0 Å². The summed E-state index contributed by atoms with van der Waals surface area (Å²) in [6.45, 7) is 1.22. The van der Waals surface area contributed by atoms with Gasteiger partial charge in [-0.2, -0.15) is 0 Å². The molecular weight excluding hydrogens is 254 g/mol. The van der Waals surface area contributed by atoms with Gasteiger partial charge in [0.15, 0.2) is 11.5 Å². The topological polar surface area (TPSA) is 53.7 Å². The summed E-state index contributed by atoms with van der Waals surface area (Å²) in [6.07, 6.45) is 0.796. The van der Waals surface area contributed by atoms with Gasteiger partial charge in [0.1, 0.15) is 19.0 Å². The largest absolute Gasteiger partial charge is 0.495 e. The van der Waals surface area contributed by atoms with E-state index < -0.39 is 0 Å². The number of hydrogen-bond acceptors (Lipinski definition) is 4. The second kappa shape index (κ2) is 5.33. The Morgan fingerprint density at radius 1 is 1.00 bits per heavy atom. The van der Waals surface area contributed by atoms with Crippen molar-refractivity contribution in [2.75, 3.05) is 26.1 Å². The lowest BCUT2D eigenvalue weighted by Crippen LogP contribution is -2.15. The number of nitrogens with two attached hydrogens (primary N) is 1. The van der Waals surface area contributed by atoms with Crippen LogP contribution in [0.2, 0.25) is 0 Å². The number of hydrogen-bond donors (Lipinski definition) is 1. The maximum absolute atomic E-state index is 5.93. The SMILES string of the molecule is COc1ccc(Cc2ccc3c(c2)OCCO3)cc1N. The highest BCUT2D eigenvalue weighted by Crippen LogP contribution is 2.32. The lowest BCUT2D eigenvalue weighted by molar-refractivity contribution is 0.171. The van der Waals surface area contributed by atoms with Gasteiger partial charge in [0, 0.05) is 0 Å². The van der Waals surface area contributed by atoms with E-state index in [2.05, 4.69) is 0 Å². The van der Waals surface area contributed by atoms with E-state index in [-0.39, 0.29) is 0 Å². The fourth-order valence-corrected chi connectivity index (χ4v) is 2.33. The Balaban J connectivity index is 1.82. The molecule has 0 unspecified atom stereocenters.